The van der Waals surface area contributed by atoms with E-state index in [9.17, 15) is 4.79 Å². The van der Waals surface area contributed by atoms with Crippen molar-refractivity contribution in [3.8, 4) is 0 Å². The van der Waals surface area contributed by atoms with Gasteiger partial charge in [0.15, 0.2) is 0 Å². The van der Waals surface area contributed by atoms with Gasteiger partial charge in [0, 0.05) is 16.8 Å². The van der Waals surface area contributed by atoms with E-state index in [1.54, 1.807) is 24.3 Å². The van der Waals surface area contributed by atoms with Crippen molar-refractivity contribution in [1.29, 1.82) is 0 Å². The van der Waals surface area contributed by atoms with Crippen LogP contribution in [0.3, 0.4) is 0 Å². The molecule has 2 rings (SSSR count). The molecule has 0 unspecified atom stereocenters. The fourth-order valence-corrected chi connectivity index (χ4v) is 2.22. The predicted molar refractivity (Wildman–Crippen MR) is 94.4 cm³/mol. The molecule has 3 nitrogen and oxygen atoms in total. The Kier molecular flexibility index (Phi) is 6.44. The molecule has 3 N–H and O–H groups in total. The lowest BCUT2D eigenvalue weighted by molar-refractivity contribution is 0.0909. The van der Waals surface area contributed by atoms with E-state index in [0.29, 0.717) is 11.3 Å². The molecular weight excluding hydrogens is 296 g/mol. The number of hydrogen-bond donors (Lipinski definition) is 2. The Morgan fingerprint density at radius 1 is 1.09 bits per heavy atom. The first-order valence-corrected chi connectivity index (χ1v) is 7.18. The number of carbonyl (C=O) groups is 1. The SMILES string of the molecule is CC(C)(CCc1ccccc1)NC(=O)c1cccc(N)c1.Cl. The first-order valence-electron chi connectivity index (χ1n) is 7.18. The minimum atomic E-state index is -0.266. The lowest BCUT2D eigenvalue weighted by atomic mass is 9.95. The summed E-state index contributed by atoms with van der Waals surface area (Å²) >= 11 is 0. The highest BCUT2D eigenvalue weighted by molar-refractivity contribution is 5.95. The largest absolute Gasteiger partial charge is 0.399 e. The number of benzene rings is 2. The summed E-state index contributed by atoms with van der Waals surface area (Å²) in [5.41, 5.74) is 7.93. The molecule has 0 bridgehead atoms. The lowest BCUT2D eigenvalue weighted by Gasteiger charge is -2.26. The Balaban J connectivity index is 0.00000242. The molecule has 0 saturated carbocycles. The molecule has 22 heavy (non-hydrogen) atoms. The number of aryl methyl sites for hydroxylation is 1. The van der Waals surface area contributed by atoms with Crippen LogP contribution in [0.5, 0.6) is 0 Å². The Bertz CT molecular complexity index is 611. The summed E-state index contributed by atoms with van der Waals surface area (Å²) in [6, 6.07) is 17.3. The number of hydrogen-bond acceptors (Lipinski definition) is 2. The molecule has 0 aliphatic carbocycles. The summed E-state index contributed by atoms with van der Waals surface area (Å²) in [6.07, 6.45) is 1.82. The van der Waals surface area contributed by atoms with Gasteiger partial charge in [-0.25, -0.2) is 0 Å². The maximum absolute atomic E-state index is 12.3. The minimum absolute atomic E-state index is 0. The molecular formula is C18H23ClN2O. The third kappa shape index (κ3) is 5.41. The van der Waals surface area contributed by atoms with E-state index in [-0.39, 0.29) is 23.9 Å². The number of carbonyl (C=O) groups excluding carboxylic acids is 1. The summed E-state index contributed by atoms with van der Waals surface area (Å²) in [5, 5.41) is 3.08. The molecule has 0 aromatic heterocycles. The molecule has 0 aliphatic heterocycles. The van der Waals surface area contributed by atoms with Crippen LogP contribution in [-0.4, -0.2) is 11.4 Å². The van der Waals surface area contributed by atoms with Crippen molar-refractivity contribution in [2.75, 3.05) is 5.73 Å². The van der Waals surface area contributed by atoms with Gasteiger partial charge in [-0.15, -0.1) is 12.4 Å². The average molecular weight is 319 g/mol. The van der Waals surface area contributed by atoms with Crippen LogP contribution in [-0.2, 0) is 6.42 Å². The van der Waals surface area contributed by atoms with E-state index in [1.165, 1.54) is 5.56 Å². The second-order valence-electron chi connectivity index (χ2n) is 5.95. The molecule has 1 amide bonds. The van der Waals surface area contributed by atoms with Crippen molar-refractivity contribution in [3.63, 3.8) is 0 Å². The molecule has 0 atom stereocenters. The van der Waals surface area contributed by atoms with E-state index >= 15 is 0 Å². The fourth-order valence-electron chi connectivity index (χ4n) is 2.22. The molecule has 0 saturated heterocycles. The third-order valence-electron chi connectivity index (χ3n) is 3.48. The van der Waals surface area contributed by atoms with Crippen molar-refractivity contribution < 1.29 is 4.79 Å². The number of rotatable bonds is 5. The Morgan fingerprint density at radius 3 is 2.41 bits per heavy atom. The monoisotopic (exact) mass is 318 g/mol. The van der Waals surface area contributed by atoms with E-state index in [0.717, 1.165) is 12.8 Å². The maximum atomic E-state index is 12.3. The number of nitrogens with two attached hydrogens (primary N) is 1. The van der Waals surface area contributed by atoms with E-state index in [2.05, 4.69) is 17.4 Å². The van der Waals surface area contributed by atoms with Gasteiger partial charge in [-0.2, -0.15) is 0 Å². The number of nitrogens with one attached hydrogen (secondary N) is 1. The maximum Gasteiger partial charge on any atom is 0.251 e. The first kappa shape index (κ1) is 18.1. The van der Waals surface area contributed by atoms with E-state index in [1.807, 2.05) is 32.0 Å². The van der Waals surface area contributed by atoms with Gasteiger partial charge in [0.1, 0.15) is 0 Å². The van der Waals surface area contributed by atoms with Crippen molar-refractivity contribution in [1.82, 2.24) is 5.32 Å². The Morgan fingerprint density at radius 2 is 1.77 bits per heavy atom. The van der Waals surface area contributed by atoms with Gasteiger partial charge in [-0.05, 0) is 50.5 Å². The highest BCUT2D eigenvalue weighted by atomic mass is 35.5. The molecule has 0 spiro atoms. The molecule has 0 aliphatic rings. The van der Waals surface area contributed by atoms with Crippen LogP contribution in [0.1, 0.15) is 36.2 Å². The van der Waals surface area contributed by atoms with Crippen LogP contribution < -0.4 is 11.1 Å². The van der Waals surface area contributed by atoms with Crippen LogP contribution in [0.4, 0.5) is 5.69 Å². The highest BCUT2D eigenvalue weighted by Gasteiger charge is 2.21. The zero-order valence-electron chi connectivity index (χ0n) is 13.0. The Hall–Kier alpha value is -2.00. The van der Waals surface area contributed by atoms with Crippen LogP contribution in [0.25, 0.3) is 0 Å². The molecule has 2 aromatic rings. The van der Waals surface area contributed by atoms with Crippen LogP contribution >= 0.6 is 12.4 Å². The zero-order valence-corrected chi connectivity index (χ0v) is 13.8. The van der Waals surface area contributed by atoms with Gasteiger partial charge in [0.2, 0.25) is 0 Å². The standard InChI is InChI=1S/C18H22N2O.ClH/c1-18(2,12-11-14-7-4-3-5-8-14)20-17(21)15-9-6-10-16(19)13-15;/h3-10,13H,11-12,19H2,1-2H3,(H,20,21);1H. The summed E-state index contributed by atoms with van der Waals surface area (Å²) < 4.78 is 0. The molecule has 118 valence electrons. The van der Waals surface area contributed by atoms with Crippen molar-refractivity contribution >= 4 is 24.0 Å². The lowest BCUT2D eigenvalue weighted by Crippen LogP contribution is -2.43. The summed E-state index contributed by atoms with van der Waals surface area (Å²) in [7, 11) is 0. The number of halogens is 1. The normalized spacial score (nSPS) is 10.6. The Labute approximate surface area is 138 Å². The van der Waals surface area contributed by atoms with Gasteiger partial charge in [0.05, 0.1) is 0 Å². The molecule has 0 heterocycles. The van der Waals surface area contributed by atoms with Crippen molar-refractivity contribution in [2.45, 2.75) is 32.2 Å². The molecule has 0 fully saturated rings. The minimum Gasteiger partial charge on any atom is -0.399 e. The predicted octanol–water partition coefficient (Wildman–Crippen LogP) is 3.83. The second-order valence-corrected chi connectivity index (χ2v) is 5.95. The number of nitrogen functional groups attached to an aromatic ring is 1. The highest BCUT2D eigenvalue weighted by Crippen LogP contribution is 2.15. The molecule has 2 aromatic carbocycles. The van der Waals surface area contributed by atoms with Gasteiger partial charge in [-0.1, -0.05) is 36.4 Å². The fraction of sp³-hybridized carbons (Fsp3) is 0.278. The van der Waals surface area contributed by atoms with Gasteiger partial charge in [-0.3, -0.25) is 4.79 Å². The number of amides is 1. The van der Waals surface area contributed by atoms with E-state index < -0.39 is 0 Å². The zero-order chi connectivity index (χ0) is 15.3. The van der Waals surface area contributed by atoms with Crippen LogP contribution in [0, 0.1) is 0 Å². The first-order chi connectivity index (χ1) is 9.96. The molecule has 4 heteroatoms. The smallest absolute Gasteiger partial charge is 0.251 e. The van der Waals surface area contributed by atoms with Gasteiger partial charge >= 0.3 is 0 Å². The van der Waals surface area contributed by atoms with Crippen molar-refractivity contribution in [3.05, 3.63) is 65.7 Å². The molecule has 0 radical (unpaired) electrons. The quantitative estimate of drug-likeness (QED) is 0.823. The van der Waals surface area contributed by atoms with Crippen LogP contribution in [0.2, 0.25) is 0 Å². The van der Waals surface area contributed by atoms with Crippen LogP contribution in [0.15, 0.2) is 54.6 Å². The average Bonchev–Trinajstić information content (AvgIpc) is 2.46. The second kappa shape index (κ2) is 7.85. The van der Waals surface area contributed by atoms with E-state index in [4.69, 9.17) is 5.73 Å². The topological polar surface area (TPSA) is 55.1 Å². The number of anilines is 1. The summed E-state index contributed by atoms with van der Waals surface area (Å²) in [6.45, 7) is 4.08. The summed E-state index contributed by atoms with van der Waals surface area (Å²) in [5.74, 6) is -0.0830. The third-order valence-corrected chi connectivity index (χ3v) is 3.48. The van der Waals surface area contributed by atoms with Gasteiger partial charge in [0.25, 0.3) is 5.91 Å². The van der Waals surface area contributed by atoms with Gasteiger partial charge < -0.3 is 11.1 Å². The van der Waals surface area contributed by atoms with Crippen molar-refractivity contribution in [2.24, 2.45) is 0 Å². The summed E-state index contributed by atoms with van der Waals surface area (Å²) in [4.78, 5) is 12.3.